The number of halogens is 4. The van der Waals surface area contributed by atoms with Crippen LogP contribution in [0.15, 0.2) is 41.4 Å². The van der Waals surface area contributed by atoms with Gasteiger partial charge >= 0.3 is 11.9 Å². The number of amides is 3. The third kappa shape index (κ3) is 10.0. The van der Waals surface area contributed by atoms with E-state index in [4.69, 9.17) is 39.1 Å². The van der Waals surface area contributed by atoms with Gasteiger partial charge < -0.3 is 37.0 Å². The molecule has 0 aliphatic rings. The van der Waals surface area contributed by atoms with Crippen LogP contribution in [-0.4, -0.2) is 79.1 Å². The van der Waals surface area contributed by atoms with E-state index in [2.05, 4.69) is 21.0 Å². The average Bonchev–Trinajstić information content (AvgIpc) is 3.41. The Morgan fingerprint density at radius 3 is 2.40 bits per heavy atom. The number of nitrogens with zero attached hydrogens (tertiary/aromatic N) is 2. The summed E-state index contributed by atoms with van der Waals surface area (Å²) in [6.45, 7) is -0.782. The van der Waals surface area contributed by atoms with Crippen molar-refractivity contribution >= 4 is 70.3 Å². The SMILES string of the molecule is Cn1cc(C(=O)Nc2ccc(O)c(SCC(NC(=O)CCC(N)C(=O)O)C(=O)NCC(=O)O)c2-c2ccc(Cl)c(Cl)c2)c(C(F)F)n1. The van der Waals surface area contributed by atoms with Crippen molar-refractivity contribution < 1.29 is 48.1 Å². The second-order valence-corrected chi connectivity index (χ2v) is 11.7. The molecule has 2 atom stereocenters. The van der Waals surface area contributed by atoms with Crippen molar-refractivity contribution in [2.45, 2.75) is 36.2 Å². The van der Waals surface area contributed by atoms with Gasteiger partial charge in [0, 0.05) is 31.0 Å². The van der Waals surface area contributed by atoms with Crippen molar-refractivity contribution in [1.29, 1.82) is 0 Å². The summed E-state index contributed by atoms with van der Waals surface area (Å²) in [5, 5.41) is 39.9. The molecule has 0 aliphatic carbocycles. The number of benzene rings is 2. The lowest BCUT2D eigenvalue weighted by Crippen LogP contribution is -2.49. The quantitative estimate of drug-likeness (QED) is 0.0892. The summed E-state index contributed by atoms with van der Waals surface area (Å²) in [6.07, 6.45) is -2.59. The molecule has 47 heavy (non-hydrogen) atoms. The Morgan fingerprint density at radius 1 is 1.09 bits per heavy atom. The number of aromatic nitrogens is 2. The van der Waals surface area contributed by atoms with Gasteiger partial charge in [-0.3, -0.25) is 28.7 Å². The van der Waals surface area contributed by atoms with Gasteiger partial charge in [-0.15, -0.1) is 11.8 Å². The summed E-state index contributed by atoms with van der Waals surface area (Å²) in [6, 6.07) is 4.10. The number of aliphatic carboxylic acids is 2. The van der Waals surface area contributed by atoms with E-state index in [-0.39, 0.29) is 50.5 Å². The first-order chi connectivity index (χ1) is 22.1. The van der Waals surface area contributed by atoms with E-state index >= 15 is 0 Å². The summed E-state index contributed by atoms with van der Waals surface area (Å²) in [5.74, 6) is -6.00. The van der Waals surface area contributed by atoms with Crippen molar-refractivity contribution in [2.75, 3.05) is 17.6 Å². The summed E-state index contributed by atoms with van der Waals surface area (Å²) >= 11 is 13.2. The number of hydrogen-bond acceptors (Lipinski definition) is 9. The summed E-state index contributed by atoms with van der Waals surface area (Å²) in [5.41, 5.74) is 4.73. The van der Waals surface area contributed by atoms with E-state index in [9.17, 15) is 37.9 Å². The van der Waals surface area contributed by atoms with E-state index in [1.165, 1.54) is 37.4 Å². The van der Waals surface area contributed by atoms with Crippen molar-refractivity contribution in [3.63, 3.8) is 0 Å². The van der Waals surface area contributed by atoms with Crippen LogP contribution in [0.4, 0.5) is 14.5 Å². The van der Waals surface area contributed by atoms with Gasteiger partial charge in [0.05, 0.1) is 26.2 Å². The molecule has 3 rings (SSSR count). The van der Waals surface area contributed by atoms with Gasteiger partial charge in [0.15, 0.2) is 0 Å². The zero-order chi connectivity index (χ0) is 35.0. The van der Waals surface area contributed by atoms with Crippen LogP contribution in [0.1, 0.15) is 35.3 Å². The average molecular weight is 718 g/mol. The number of carbonyl (C=O) groups is 5. The molecule has 1 heterocycles. The Kier molecular flexibility index (Phi) is 12.9. The fourth-order valence-corrected chi connectivity index (χ4v) is 5.56. The van der Waals surface area contributed by atoms with Gasteiger partial charge in [0.2, 0.25) is 11.8 Å². The maximum Gasteiger partial charge on any atom is 0.322 e. The molecule has 0 fully saturated rings. The van der Waals surface area contributed by atoms with Crippen LogP contribution in [0.3, 0.4) is 0 Å². The first-order valence-corrected chi connectivity index (χ1v) is 15.2. The number of alkyl halides is 2. The fraction of sp³-hybridized carbons (Fsp3) is 0.286. The molecule has 252 valence electrons. The number of phenolic OH excluding ortho intramolecular Hbond substituents is 1. The first kappa shape index (κ1) is 37.0. The summed E-state index contributed by atoms with van der Waals surface area (Å²) in [4.78, 5) is 60.8. The second kappa shape index (κ2) is 16.4. The summed E-state index contributed by atoms with van der Waals surface area (Å²) < 4.78 is 28.2. The molecule has 19 heteroatoms. The maximum atomic E-state index is 13.6. The number of phenols is 1. The Labute approximate surface area is 279 Å². The van der Waals surface area contributed by atoms with Gasteiger partial charge in [0.1, 0.15) is 30.1 Å². The number of nitrogens with one attached hydrogen (secondary N) is 3. The van der Waals surface area contributed by atoms with E-state index < -0.39 is 66.0 Å². The van der Waals surface area contributed by atoms with E-state index in [0.29, 0.717) is 5.56 Å². The zero-order valence-corrected chi connectivity index (χ0v) is 26.6. The normalized spacial score (nSPS) is 12.3. The van der Waals surface area contributed by atoms with Crippen LogP contribution < -0.4 is 21.7 Å². The van der Waals surface area contributed by atoms with Gasteiger partial charge in [0.25, 0.3) is 12.3 Å². The number of carboxylic acid groups (broad SMARTS) is 2. The van der Waals surface area contributed by atoms with Gasteiger partial charge in [-0.2, -0.15) is 5.10 Å². The number of hydrogen-bond donors (Lipinski definition) is 7. The van der Waals surface area contributed by atoms with Crippen molar-refractivity contribution in [3.05, 3.63) is 57.8 Å². The number of aromatic hydroxyl groups is 1. The molecule has 3 amide bonds. The minimum Gasteiger partial charge on any atom is -0.507 e. The minimum absolute atomic E-state index is 0.0244. The second-order valence-electron chi connectivity index (χ2n) is 9.85. The highest BCUT2D eigenvalue weighted by Crippen LogP contribution is 2.44. The number of anilines is 1. The number of nitrogens with two attached hydrogens (primary N) is 1. The monoisotopic (exact) mass is 716 g/mol. The molecule has 14 nitrogen and oxygen atoms in total. The molecular formula is C28H28Cl2F2N6O8S. The van der Waals surface area contributed by atoms with Crippen LogP contribution in [0.2, 0.25) is 10.0 Å². The first-order valence-electron chi connectivity index (χ1n) is 13.4. The van der Waals surface area contributed by atoms with Crippen LogP contribution in [0.5, 0.6) is 5.75 Å². The molecule has 8 N–H and O–H groups in total. The standard InChI is InChI=1S/C28H28Cl2F2N6O8S/c1-38-10-13(23(37-38)25(31)32)26(43)36-17-5-6-19(39)24(22(17)12-2-3-14(29)15(30)8-12)47-11-18(27(44)34-9-21(41)42)35-20(40)7-4-16(33)28(45)46/h2-3,5-6,8,10,16,18,25,39H,4,7,9,11,33H2,1H3,(H,34,44)(H,35,40)(H,36,43)(H,41,42)(H,45,46). The number of carboxylic acids is 2. The molecule has 0 spiro atoms. The molecular weight excluding hydrogens is 689 g/mol. The fourth-order valence-electron chi connectivity index (χ4n) is 4.10. The third-order valence-electron chi connectivity index (χ3n) is 6.36. The highest BCUT2D eigenvalue weighted by molar-refractivity contribution is 7.99. The number of rotatable bonds is 15. The Morgan fingerprint density at radius 2 is 1.79 bits per heavy atom. The van der Waals surface area contributed by atoms with Crippen LogP contribution in [-0.2, 0) is 26.2 Å². The maximum absolute atomic E-state index is 13.6. The number of aryl methyl sites for hydroxylation is 1. The largest absolute Gasteiger partial charge is 0.507 e. The van der Waals surface area contributed by atoms with E-state index in [1.807, 2.05) is 0 Å². The lowest BCUT2D eigenvalue weighted by atomic mass is 10.0. The van der Waals surface area contributed by atoms with Crippen LogP contribution in [0, 0.1) is 0 Å². The number of thioether (sulfide) groups is 1. The molecule has 2 unspecified atom stereocenters. The van der Waals surface area contributed by atoms with Crippen LogP contribution in [0.25, 0.3) is 11.1 Å². The van der Waals surface area contributed by atoms with Crippen LogP contribution >= 0.6 is 35.0 Å². The topological polar surface area (TPSA) is 226 Å². The Hall–Kier alpha value is -4.45. The molecule has 0 aliphatic heterocycles. The molecule has 1 aromatic heterocycles. The summed E-state index contributed by atoms with van der Waals surface area (Å²) in [7, 11) is 1.36. The number of carbonyl (C=O) groups excluding carboxylic acids is 3. The Balaban J connectivity index is 2.02. The molecule has 0 radical (unpaired) electrons. The van der Waals surface area contributed by atoms with Gasteiger partial charge in [-0.25, -0.2) is 8.78 Å². The van der Waals surface area contributed by atoms with Crippen molar-refractivity contribution in [1.82, 2.24) is 20.4 Å². The smallest absolute Gasteiger partial charge is 0.322 e. The molecule has 0 bridgehead atoms. The highest BCUT2D eigenvalue weighted by Gasteiger charge is 2.27. The zero-order valence-electron chi connectivity index (χ0n) is 24.3. The van der Waals surface area contributed by atoms with Crippen molar-refractivity contribution in [2.24, 2.45) is 12.8 Å². The van der Waals surface area contributed by atoms with E-state index in [1.54, 1.807) is 0 Å². The lowest BCUT2D eigenvalue weighted by molar-refractivity contribution is -0.139. The predicted molar refractivity (Wildman–Crippen MR) is 168 cm³/mol. The molecule has 0 saturated heterocycles. The third-order valence-corrected chi connectivity index (χ3v) is 8.30. The highest BCUT2D eigenvalue weighted by atomic mass is 35.5. The molecule has 3 aromatic rings. The lowest BCUT2D eigenvalue weighted by Gasteiger charge is -2.21. The van der Waals surface area contributed by atoms with Crippen molar-refractivity contribution in [3.8, 4) is 16.9 Å². The molecule has 0 saturated carbocycles. The molecule has 2 aromatic carbocycles. The van der Waals surface area contributed by atoms with Gasteiger partial charge in [-0.05, 0) is 36.2 Å². The predicted octanol–water partition coefficient (Wildman–Crippen LogP) is 3.26. The Bertz CT molecular complexity index is 1690. The van der Waals surface area contributed by atoms with Gasteiger partial charge in [-0.1, -0.05) is 29.3 Å². The minimum atomic E-state index is -3.06. The van der Waals surface area contributed by atoms with E-state index in [0.717, 1.165) is 22.6 Å².